The van der Waals surface area contributed by atoms with Crippen LogP contribution in [0.15, 0.2) is 29.2 Å². The summed E-state index contributed by atoms with van der Waals surface area (Å²) in [7, 11) is 2.13. The zero-order valence-corrected chi connectivity index (χ0v) is 16.3. The van der Waals surface area contributed by atoms with Crippen LogP contribution in [0.25, 0.3) is 0 Å². The summed E-state index contributed by atoms with van der Waals surface area (Å²) < 4.78 is 37.5. The second kappa shape index (κ2) is 9.46. The van der Waals surface area contributed by atoms with Gasteiger partial charge in [0.15, 0.2) is 17.7 Å². The van der Waals surface area contributed by atoms with E-state index >= 15 is 0 Å². The fourth-order valence-corrected chi connectivity index (χ4v) is 2.82. The molecular weight excluding hydrogens is 406 g/mol. The topological polar surface area (TPSA) is 127 Å². The number of halogens is 2. The fraction of sp³-hybridized carbons (Fsp3) is 0.316. The molecule has 3 N–H and O–H groups in total. The minimum Gasteiger partial charge on any atom is -0.491 e. The molecule has 0 bridgehead atoms. The SMILES string of the molecule is COC(=O)c1c(OC)c(=O)c(C(=O)N[C@H](C)c2ccc(F)cc2F)cn1CC(O)O. The Hall–Kier alpha value is -3.31. The summed E-state index contributed by atoms with van der Waals surface area (Å²) in [5, 5.41) is 21.0. The van der Waals surface area contributed by atoms with Gasteiger partial charge >= 0.3 is 5.97 Å². The molecule has 0 spiro atoms. The van der Waals surface area contributed by atoms with Crippen molar-refractivity contribution in [1.82, 2.24) is 9.88 Å². The molecule has 0 radical (unpaired) electrons. The first-order chi connectivity index (χ1) is 14.1. The molecule has 0 aliphatic heterocycles. The van der Waals surface area contributed by atoms with E-state index in [1.807, 2.05) is 0 Å². The number of rotatable bonds is 7. The number of benzene rings is 1. The van der Waals surface area contributed by atoms with Crippen LogP contribution in [0.1, 0.15) is 39.4 Å². The normalized spacial score (nSPS) is 11.9. The van der Waals surface area contributed by atoms with Crippen LogP contribution in [-0.4, -0.2) is 47.2 Å². The monoisotopic (exact) mass is 426 g/mol. The number of pyridine rings is 1. The van der Waals surface area contributed by atoms with E-state index in [1.54, 1.807) is 0 Å². The van der Waals surface area contributed by atoms with Crippen molar-refractivity contribution in [3.05, 3.63) is 63.1 Å². The van der Waals surface area contributed by atoms with Crippen LogP contribution in [0.5, 0.6) is 5.75 Å². The van der Waals surface area contributed by atoms with Crippen LogP contribution in [0.4, 0.5) is 8.78 Å². The highest BCUT2D eigenvalue weighted by Gasteiger charge is 2.27. The highest BCUT2D eigenvalue weighted by molar-refractivity contribution is 5.97. The lowest BCUT2D eigenvalue weighted by molar-refractivity contribution is -0.0519. The number of carbonyl (C=O) groups excluding carboxylic acids is 2. The van der Waals surface area contributed by atoms with Crippen molar-refractivity contribution in [2.45, 2.75) is 25.8 Å². The zero-order valence-electron chi connectivity index (χ0n) is 16.3. The van der Waals surface area contributed by atoms with Crippen LogP contribution in [0, 0.1) is 11.6 Å². The molecule has 0 saturated carbocycles. The van der Waals surface area contributed by atoms with Crippen LogP contribution < -0.4 is 15.5 Å². The van der Waals surface area contributed by atoms with Gasteiger partial charge in [-0.2, -0.15) is 0 Å². The van der Waals surface area contributed by atoms with Crippen molar-refractivity contribution >= 4 is 11.9 Å². The van der Waals surface area contributed by atoms with Gasteiger partial charge in [-0.1, -0.05) is 6.07 Å². The number of hydrogen-bond donors (Lipinski definition) is 3. The zero-order chi connectivity index (χ0) is 22.6. The molecule has 30 heavy (non-hydrogen) atoms. The van der Waals surface area contributed by atoms with Crippen molar-refractivity contribution in [1.29, 1.82) is 0 Å². The van der Waals surface area contributed by atoms with Gasteiger partial charge in [0.05, 0.1) is 26.8 Å². The number of aromatic nitrogens is 1. The summed E-state index contributed by atoms with van der Waals surface area (Å²) >= 11 is 0. The molecule has 1 aromatic heterocycles. The fourth-order valence-electron chi connectivity index (χ4n) is 2.82. The van der Waals surface area contributed by atoms with Gasteiger partial charge in [0.1, 0.15) is 17.2 Å². The van der Waals surface area contributed by atoms with Gasteiger partial charge < -0.3 is 29.6 Å². The van der Waals surface area contributed by atoms with Gasteiger partial charge in [0.25, 0.3) is 5.91 Å². The van der Waals surface area contributed by atoms with Gasteiger partial charge in [0.2, 0.25) is 5.43 Å². The molecule has 1 heterocycles. The van der Waals surface area contributed by atoms with Gasteiger partial charge in [-0.05, 0) is 13.0 Å². The maximum absolute atomic E-state index is 14.0. The Morgan fingerprint density at radius 3 is 2.43 bits per heavy atom. The number of methoxy groups -OCH3 is 2. The van der Waals surface area contributed by atoms with Crippen molar-refractivity contribution in [2.75, 3.05) is 14.2 Å². The Labute approximate surface area is 169 Å². The molecule has 11 heteroatoms. The molecule has 0 fully saturated rings. The molecule has 0 unspecified atom stereocenters. The molecule has 0 aliphatic rings. The van der Waals surface area contributed by atoms with Crippen LogP contribution in [-0.2, 0) is 11.3 Å². The average Bonchev–Trinajstić information content (AvgIpc) is 2.67. The van der Waals surface area contributed by atoms with Crippen molar-refractivity contribution in [3.8, 4) is 5.75 Å². The maximum atomic E-state index is 14.0. The average molecular weight is 426 g/mol. The lowest BCUT2D eigenvalue weighted by atomic mass is 10.1. The molecule has 0 saturated heterocycles. The molecule has 1 atom stereocenters. The molecule has 1 amide bonds. The van der Waals surface area contributed by atoms with E-state index in [9.17, 15) is 33.4 Å². The Morgan fingerprint density at radius 1 is 1.23 bits per heavy atom. The van der Waals surface area contributed by atoms with E-state index in [0.717, 1.165) is 37.1 Å². The maximum Gasteiger partial charge on any atom is 0.358 e. The smallest absolute Gasteiger partial charge is 0.358 e. The lowest BCUT2D eigenvalue weighted by Gasteiger charge is -2.19. The first-order valence-corrected chi connectivity index (χ1v) is 8.62. The minimum absolute atomic E-state index is 0.0194. The number of amides is 1. The summed E-state index contributed by atoms with van der Waals surface area (Å²) in [6.45, 7) is 0.841. The number of ether oxygens (including phenoxy) is 2. The van der Waals surface area contributed by atoms with Crippen LogP contribution >= 0.6 is 0 Å². The molecule has 2 aromatic rings. The minimum atomic E-state index is -1.93. The number of aliphatic hydroxyl groups excluding tert-OH is 1. The first-order valence-electron chi connectivity index (χ1n) is 8.62. The van der Waals surface area contributed by atoms with Crippen molar-refractivity contribution in [2.24, 2.45) is 0 Å². The van der Waals surface area contributed by atoms with E-state index < -0.39 is 64.8 Å². The van der Waals surface area contributed by atoms with E-state index in [-0.39, 0.29) is 5.56 Å². The molecule has 162 valence electrons. The third-order valence-electron chi connectivity index (χ3n) is 4.20. The van der Waals surface area contributed by atoms with Gasteiger partial charge in [-0.15, -0.1) is 0 Å². The number of esters is 1. The van der Waals surface area contributed by atoms with Crippen molar-refractivity contribution < 1.29 is 38.1 Å². The van der Waals surface area contributed by atoms with Gasteiger partial charge in [0, 0.05) is 17.8 Å². The molecule has 1 aromatic carbocycles. The molecule has 9 nitrogen and oxygen atoms in total. The third kappa shape index (κ3) is 4.81. The van der Waals surface area contributed by atoms with Gasteiger partial charge in [-0.3, -0.25) is 9.59 Å². The Kier molecular flexibility index (Phi) is 7.24. The summed E-state index contributed by atoms with van der Waals surface area (Å²) in [5.74, 6) is -4.17. The van der Waals surface area contributed by atoms with E-state index in [4.69, 9.17) is 4.74 Å². The van der Waals surface area contributed by atoms with E-state index in [0.29, 0.717) is 6.07 Å². The molecule has 0 aliphatic carbocycles. The van der Waals surface area contributed by atoms with Gasteiger partial charge in [-0.25, -0.2) is 13.6 Å². The summed E-state index contributed by atoms with van der Waals surface area (Å²) in [6.07, 6.45) is -0.997. The van der Waals surface area contributed by atoms with E-state index in [2.05, 4.69) is 10.1 Å². The number of nitrogens with one attached hydrogen (secondary N) is 1. The number of hydrogen-bond acceptors (Lipinski definition) is 7. The molecular formula is C19H20F2N2O7. The standard InChI is InChI=1S/C19H20F2N2O7/c1-9(11-5-4-10(20)6-13(11)21)22-18(27)12-7-23(8-14(24)25)15(19(28)30-3)17(29-2)16(12)26/h4-7,9,14,24-25H,8H2,1-3H3,(H,22,27)/t9-/m1/s1. The lowest BCUT2D eigenvalue weighted by Crippen LogP contribution is -2.34. The second-order valence-corrected chi connectivity index (χ2v) is 6.24. The molecule has 2 rings (SSSR count). The summed E-state index contributed by atoms with van der Waals surface area (Å²) in [6, 6.07) is 1.88. The summed E-state index contributed by atoms with van der Waals surface area (Å²) in [5.41, 5.74) is -1.92. The highest BCUT2D eigenvalue weighted by Crippen LogP contribution is 2.20. The van der Waals surface area contributed by atoms with Crippen LogP contribution in [0.2, 0.25) is 0 Å². The Morgan fingerprint density at radius 2 is 1.90 bits per heavy atom. The van der Waals surface area contributed by atoms with Crippen LogP contribution in [0.3, 0.4) is 0 Å². The number of nitrogens with zero attached hydrogens (tertiary/aromatic N) is 1. The summed E-state index contributed by atoms with van der Waals surface area (Å²) in [4.78, 5) is 37.4. The number of carbonyl (C=O) groups is 2. The largest absolute Gasteiger partial charge is 0.491 e. The first kappa shape index (κ1) is 23.0. The number of aliphatic hydroxyl groups is 2. The predicted molar refractivity (Wildman–Crippen MR) is 99.1 cm³/mol. The highest BCUT2D eigenvalue weighted by atomic mass is 19.1. The van der Waals surface area contributed by atoms with Crippen molar-refractivity contribution in [3.63, 3.8) is 0 Å². The predicted octanol–water partition coefficient (Wildman–Crippen LogP) is 0.723. The Balaban J connectivity index is 2.50. The second-order valence-electron chi connectivity index (χ2n) is 6.24. The Bertz CT molecular complexity index is 1020. The quantitative estimate of drug-likeness (QED) is 0.440. The van der Waals surface area contributed by atoms with E-state index in [1.165, 1.54) is 6.92 Å². The third-order valence-corrected chi connectivity index (χ3v) is 4.20.